The summed E-state index contributed by atoms with van der Waals surface area (Å²) >= 11 is 0. The van der Waals surface area contributed by atoms with E-state index in [2.05, 4.69) is 15.3 Å². The number of hydrogen-bond acceptors (Lipinski definition) is 6. The van der Waals surface area contributed by atoms with Gasteiger partial charge in [-0.3, -0.25) is 14.6 Å². The number of benzene rings is 2. The number of halogens is 8. The van der Waals surface area contributed by atoms with Crippen molar-refractivity contribution < 1.29 is 49.8 Å². The average Bonchev–Trinajstić information content (AvgIpc) is 3.35. The summed E-state index contributed by atoms with van der Waals surface area (Å²) in [4.78, 5) is 33.9. The highest BCUT2D eigenvalue weighted by molar-refractivity contribution is 6.24. The second-order valence-corrected chi connectivity index (χ2v) is 10.3. The third-order valence-electron chi connectivity index (χ3n) is 7.50. The summed E-state index contributed by atoms with van der Waals surface area (Å²) in [7, 11) is 0. The minimum absolute atomic E-state index is 0.205. The van der Waals surface area contributed by atoms with E-state index in [0.29, 0.717) is 30.9 Å². The molecular formula is C28H21F8N5O3. The zero-order valence-corrected chi connectivity index (χ0v) is 22.5. The van der Waals surface area contributed by atoms with Crippen LogP contribution in [0.4, 0.5) is 40.8 Å². The van der Waals surface area contributed by atoms with Crippen LogP contribution in [0.1, 0.15) is 36.6 Å². The van der Waals surface area contributed by atoms with Gasteiger partial charge < -0.3 is 10.4 Å². The Morgan fingerprint density at radius 2 is 1.77 bits per heavy atom. The number of alkyl halides is 6. The van der Waals surface area contributed by atoms with Gasteiger partial charge in [0.05, 0.1) is 29.0 Å². The minimum Gasteiger partial charge on any atom is -0.509 e. The predicted octanol–water partition coefficient (Wildman–Crippen LogP) is 6.02. The van der Waals surface area contributed by atoms with Crippen LogP contribution in [0.25, 0.3) is 11.3 Å². The van der Waals surface area contributed by atoms with Crippen LogP contribution >= 0.6 is 0 Å². The number of aromatic nitrogens is 2. The SMILES string of the molecule is C[C@]12CCCN1N(Cc1cccc(F)c1F)C(=O)C(C(=O)Nc1ccc(C(F)(F)F)cc1-c1cc(C(F)(F)F)ncn1)=C2O. The van der Waals surface area contributed by atoms with Gasteiger partial charge in [-0.05, 0) is 50.1 Å². The highest BCUT2D eigenvalue weighted by Gasteiger charge is 2.52. The van der Waals surface area contributed by atoms with Crippen LogP contribution in [0.3, 0.4) is 0 Å². The van der Waals surface area contributed by atoms with E-state index in [-0.39, 0.29) is 18.5 Å². The molecular weight excluding hydrogens is 606 g/mol. The van der Waals surface area contributed by atoms with Gasteiger partial charge in [-0.15, -0.1) is 0 Å². The van der Waals surface area contributed by atoms with E-state index >= 15 is 0 Å². The van der Waals surface area contributed by atoms with Gasteiger partial charge in [0.15, 0.2) is 11.6 Å². The summed E-state index contributed by atoms with van der Waals surface area (Å²) < 4.78 is 109. The van der Waals surface area contributed by atoms with Crippen LogP contribution in [0, 0.1) is 11.6 Å². The molecule has 0 unspecified atom stereocenters. The van der Waals surface area contributed by atoms with E-state index in [0.717, 1.165) is 17.1 Å². The quantitative estimate of drug-likeness (QED) is 0.265. The molecule has 2 aliphatic rings. The zero-order valence-electron chi connectivity index (χ0n) is 22.5. The molecule has 3 heterocycles. The Morgan fingerprint density at radius 1 is 1.05 bits per heavy atom. The van der Waals surface area contributed by atoms with E-state index in [1.165, 1.54) is 24.1 Å². The molecule has 0 spiro atoms. The lowest BCUT2D eigenvalue weighted by atomic mass is 9.90. The number of nitrogens with zero attached hydrogens (tertiary/aromatic N) is 4. The maximum absolute atomic E-state index is 14.5. The van der Waals surface area contributed by atoms with Crippen molar-refractivity contribution >= 4 is 17.5 Å². The van der Waals surface area contributed by atoms with Gasteiger partial charge in [0.1, 0.15) is 23.4 Å². The van der Waals surface area contributed by atoms with Crippen LogP contribution < -0.4 is 5.32 Å². The van der Waals surface area contributed by atoms with E-state index in [4.69, 9.17) is 0 Å². The molecule has 16 heteroatoms. The lowest BCUT2D eigenvalue weighted by molar-refractivity contribution is -0.160. The van der Waals surface area contributed by atoms with E-state index in [1.807, 2.05) is 0 Å². The number of nitrogens with one attached hydrogen (secondary N) is 1. The van der Waals surface area contributed by atoms with Crippen LogP contribution in [-0.2, 0) is 28.5 Å². The fourth-order valence-corrected chi connectivity index (χ4v) is 5.27. The van der Waals surface area contributed by atoms with Crippen molar-refractivity contribution in [3.8, 4) is 11.3 Å². The Bertz CT molecular complexity index is 1690. The second-order valence-electron chi connectivity index (χ2n) is 10.3. The Hall–Kier alpha value is -4.60. The number of aliphatic hydroxyl groups excluding tert-OH is 1. The van der Waals surface area contributed by atoms with Gasteiger partial charge in [0.2, 0.25) is 0 Å². The Morgan fingerprint density at radius 3 is 2.45 bits per heavy atom. The van der Waals surface area contributed by atoms with Crippen LogP contribution in [0.2, 0.25) is 0 Å². The summed E-state index contributed by atoms with van der Waals surface area (Å²) in [6.07, 6.45) is -8.74. The zero-order chi connectivity index (χ0) is 32.2. The van der Waals surface area contributed by atoms with E-state index < -0.39 is 87.4 Å². The molecule has 5 rings (SSSR count). The average molecular weight is 627 g/mol. The number of aliphatic hydroxyl groups is 1. The Kier molecular flexibility index (Phi) is 7.60. The van der Waals surface area contributed by atoms with Crippen molar-refractivity contribution in [3.05, 3.63) is 88.6 Å². The largest absolute Gasteiger partial charge is 0.509 e. The third kappa shape index (κ3) is 5.44. The molecule has 232 valence electrons. The molecule has 0 radical (unpaired) electrons. The molecule has 1 aromatic heterocycles. The van der Waals surface area contributed by atoms with Gasteiger partial charge in [0, 0.05) is 17.7 Å². The smallest absolute Gasteiger partial charge is 0.433 e. The van der Waals surface area contributed by atoms with Crippen molar-refractivity contribution in [1.29, 1.82) is 0 Å². The van der Waals surface area contributed by atoms with Gasteiger partial charge in [0.25, 0.3) is 11.8 Å². The van der Waals surface area contributed by atoms with Crippen LogP contribution in [0.5, 0.6) is 0 Å². The van der Waals surface area contributed by atoms with Crippen LogP contribution in [0.15, 0.2) is 60.1 Å². The first-order valence-corrected chi connectivity index (χ1v) is 12.9. The summed E-state index contributed by atoms with van der Waals surface area (Å²) in [6, 6.07) is 5.49. The van der Waals surface area contributed by atoms with Crippen molar-refractivity contribution in [3.63, 3.8) is 0 Å². The van der Waals surface area contributed by atoms with Crippen molar-refractivity contribution in [2.45, 2.75) is 44.2 Å². The number of hydrazine groups is 1. The molecule has 44 heavy (non-hydrogen) atoms. The number of fused-ring (bicyclic) bond motifs is 1. The third-order valence-corrected chi connectivity index (χ3v) is 7.50. The summed E-state index contributed by atoms with van der Waals surface area (Å²) in [5.74, 6) is -5.53. The monoisotopic (exact) mass is 627 g/mol. The first-order valence-electron chi connectivity index (χ1n) is 12.9. The number of rotatable bonds is 5. The molecule has 1 atom stereocenters. The molecule has 1 saturated heterocycles. The first-order chi connectivity index (χ1) is 20.5. The normalized spacial score (nSPS) is 19.4. The summed E-state index contributed by atoms with van der Waals surface area (Å²) in [6.45, 7) is 1.18. The Balaban J connectivity index is 1.57. The highest BCUT2D eigenvalue weighted by Crippen LogP contribution is 2.43. The molecule has 2 amide bonds. The molecule has 0 aliphatic carbocycles. The van der Waals surface area contributed by atoms with E-state index in [9.17, 15) is 49.8 Å². The molecule has 2 aromatic carbocycles. The predicted molar refractivity (Wildman–Crippen MR) is 137 cm³/mol. The van der Waals surface area contributed by atoms with Crippen molar-refractivity contribution in [1.82, 2.24) is 20.0 Å². The van der Waals surface area contributed by atoms with Crippen molar-refractivity contribution in [2.75, 3.05) is 11.9 Å². The molecule has 2 N–H and O–H groups in total. The molecule has 2 aliphatic heterocycles. The summed E-state index contributed by atoms with van der Waals surface area (Å²) in [5.41, 5.74) is -6.84. The van der Waals surface area contributed by atoms with Crippen molar-refractivity contribution in [2.24, 2.45) is 0 Å². The summed E-state index contributed by atoms with van der Waals surface area (Å²) in [5, 5.41) is 15.8. The fourth-order valence-electron chi connectivity index (χ4n) is 5.27. The lowest BCUT2D eigenvalue weighted by Gasteiger charge is -2.46. The molecule has 0 bridgehead atoms. The molecule has 1 fully saturated rings. The first kappa shape index (κ1) is 30.8. The standard InChI is InChI=1S/C28H21F8N5O3/c1-26-8-3-9-41(26)40(12-14-4-2-5-17(29)22(14)30)25(44)21(23(26)42)24(43)39-18-7-6-15(27(31,32)33)10-16(18)19-11-20(28(34,35)36)38-13-37-19/h2,4-7,10-11,13,42H,3,8-9,12H2,1H3,(H,39,43)/t26-/m1/s1. The topological polar surface area (TPSA) is 98.7 Å². The van der Waals surface area contributed by atoms with Gasteiger partial charge >= 0.3 is 12.4 Å². The molecule has 3 aromatic rings. The van der Waals surface area contributed by atoms with Crippen LogP contribution in [-0.4, -0.2) is 49.0 Å². The number of amides is 2. The highest BCUT2D eigenvalue weighted by atomic mass is 19.4. The van der Waals surface area contributed by atoms with Gasteiger partial charge in [-0.1, -0.05) is 12.1 Å². The van der Waals surface area contributed by atoms with E-state index in [1.54, 1.807) is 0 Å². The number of carbonyl (C=O) groups excluding carboxylic acids is 2. The second kappa shape index (κ2) is 10.8. The lowest BCUT2D eigenvalue weighted by Crippen LogP contribution is -2.60. The molecule has 8 nitrogen and oxygen atoms in total. The minimum atomic E-state index is -4.97. The number of carbonyl (C=O) groups is 2. The maximum Gasteiger partial charge on any atom is 0.433 e. The fraction of sp³-hybridized carbons (Fsp3) is 0.286. The van der Waals surface area contributed by atoms with Gasteiger partial charge in [-0.2, -0.15) is 26.3 Å². The number of anilines is 1. The Labute approximate surface area is 243 Å². The molecule has 0 saturated carbocycles. The number of hydrogen-bond donors (Lipinski definition) is 2. The maximum atomic E-state index is 14.5. The van der Waals surface area contributed by atoms with Gasteiger partial charge in [-0.25, -0.2) is 23.8 Å².